The third-order valence-corrected chi connectivity index (χ3v) is 7.74. The van der Waals surface area contributed by atoms with E-state index in [1.807, 2.05) is 6.92 Å². The molecule has 194 valence electrons. The Hall–Kier alpha value is -2.48. The van der Waals surface area contributed by atoms with Gasteiger partial charge in [0.15, 0.2) is 0 Å². The van der Waals surface area contributed by atoms with Crippen LogP contribution in [0.5, 0.6) is 0 Å². The second kappa shape index (κ2) is 11.3. The highest BCUT2D eigenvalue weighted by atomic mass is 16.5. The normalized spacial score (nSPS) is 22.5. The Bertz CT molecular complexity index is 1090. The number of carboxylic acids is 1. The molecule has 7 heteroatoms. The van der Waals surface area contributed by atoms with Gasteiger partial charge in [0, 0.05) is 31.9 Å². The highest BCUT2D eigenvalue weighted by molar-refractivity contribution is 5.76. The maximum absolute atomic E-state index is 12.5. The molecule has 2 aromatic rings. The predicted octanol–water partition coefficient (Wildman–Crippen LogP) is 4.45. The highest BCUT2D eigenvalue weighted by Gasteiger charge is 2.36. The van der Waals surface area contributed by atoms with Crippen molar-refractivity contribution in [3.05, 3.63) is 57.8 Å². The second-order valence-electron chi connectivity index (χ2n) is 10.6. The number of aromatic nitrogens is 1. The molecule has 3 aliphatic rings. The number of likely N-dealkylation sites (tertiary alicyclic amines) is 1. The molecule has 0 aliphatic carbocycles. The van der Waals surface area contributed by atoms with Crippen molar-refractivity contribution in [2.75, 3.05) is 31.6 Å². The van der Waals surface area contributed by atoms with Crippen molar-refractivity contribution in [3.63, 3.8) is 0 Å². The summed E-state index contributed by atoms with van der Waals surface area (Å²) in [5.74, 6) is 0.278. The van der Waals surface area contributed by atoms with E-state index in [0.717, 1.165) is 85.4 Å². The number of pyridine rings is 1. The number of aryl methyl sites for hydroxylation is 3. The van der Waals surface area contributed by atoms with Crippen LogP contribution in [-0.4, -0.2) is 59.4 Å². The van der Waals surface area contributed by atoms with Gasteiger partial charge in [-0.1, -0.05) is 23.8 Å². The van der Waals surface area contributed by atoms with Crippen molar-refractivity contribution in [2.45, 2.75) is 83.6 Å². The summed E-state index contributed by atoms with van der Waals surface area (Å²) in [7, 11) is 0. The minimum atomic E-state index is -0.783. The molecule has 3 aliphatic heterocycles. The number of fused-ring (bicyclic) bond motifs is 2. The first-order chi connectivity index (χ1) is 17.5. The molecule has 1 aromatic carbocycles. The Morgan fingerprint density at radius 1 is 1.31 bits per heavy atom. The topological polar surface area (TPSA) is 83.9 Å². The molecule has 7 nitrogen and oxygen atoms in total. The van der Waals surface area contributed by atoms with Crippen molar-refractivity contribution in [1.29, 1.82) is 0 Å². The Morgan fingerprint density at radius 2 is 2.19 bits per heavy atom. The van der Waals surface area contributed by atoms with E-state index in [-0.39, 0.29) is 12.2 Å². The summed E-state index contributed by atoms with van der Waals surface area (Å²) in [6, 6.07) is 7.93. The van der Waals surface area contributed by atoms with Crippen LogP contribution in [0.3, 0.4) is 0 Å². The number of carbonyl (C=O) groups is 1. The van der Waals surface area contributed by atoms with Gasteiger partial charge in [0.2, 0.25) is 0 Å². The Labute approximate surface area is 214 Å². The fourth-order valence-corrected chi connectivity index (χ4v) is 5.90. The van der Waals surface area contributed by atoms with E-state index in [2.05, 4.69) is 41.4 Å². The van der Waals surface area contributed by atoms with E-state index < -0.39 is 12.0 Å². The quantitative estimate of drug-likeness (QED) is 0.500. The predicted molar refractivity (Wildman–Crippen MR) is 139 cm³/mol. The number of anilines is 1. The maximum Gasteiger partial charge on any atom is 0.325 e. The number of benzene rings is 1. The molecule has 1 unspecified atom stereocenters. The van der Waals surface area contributed by atoms with Crippen molar-refractivity contribution in [1.82, 2.24) is 9.88 Å². The van der Waals surface area contributed by atoms with Crippen LogP contribution in [0.4, 0.5) is 5.82 Å². The lowest BCUT2D eigenvalue weighted by atomic mass is 9.88. The van der Waals surface area contributed by atoms with E-state index in [1.54, 1.807) is 0 Å². The van der Waals surface area contributed by atoms with Crippen LogP contribution >= 0.6 is 0 Å². The zero-order valence-electron chi connectivity index (χ0n) is 21.6. The van der Waals surface area contributed by atoms with Crippen molar-refractivity contribution in [2.24, 2.45) is 0 Å². The Balaban J connectivity index is 1.13. The molecular weight excluding hydrogens is 454 g/mol. The number of hydrogen-bond acceptors (Lipinski definition) is 6. The summed E-state index contributed by atoms with van der Waals surface area (Å²) in [5.41, 5.74) is 6.77. The first-order valence-electron chi connectivity index (χ1n) is 13.5. The Kier molecular flexibility index (Phi) is 7.89. The summed E-state index contributed by atoms with van der Waals surface area (Å²) in [5, 5.41) is 13.6. The SMILES string of the molecule is Cc1cc2c(c([C@H](C(=O)O)N3CC[C@@H](OCCCCc4ccc5c(n4)NCCC5)C3)c1)CC(C)OC2. The molecular formula is C29H39N3O4. The summed E-state index contributed by atoms with van der Waals surface area (Å²) >= 11 is 0. The summed E-state index contributed by atoms with van der Waals surface area (Å²) in [4.78, 5) is 19.3. The lowest BCUT2D eigenvalue weighted by molar-refractivity contribution is -0.143. The maximum atomic E-state index is 12.5. The fourth-order valence-electron chi connectivity index (χ4n) is 5.90. The summed E-state index contributed by atoms with van der Waals surface area (Å²) in [6.45, 7) is 7.76. The molecule has 3 atom stereocenters. The van der Waals surface area contributed by atoms with Gasteiger partial charge < -0.3 is 19.9 Å². The molecule has 1 saturated heterocycles. The minimum Gasteiger partial charge on any atom is -0.480 e. The zero-order valence-corrected chi connectivity index (χ0v) is 21.6. The Morgan fingerprint density at radius 3 is 3.06 bits per heavy atom. The molecule has 2 N–H and O–H groups in total. The number of rotatable bonds is 9. The third kappa shape index (κ3) is 5.74. The fraction of sp³-hybridized carbons (Fsp3) is 0.586. The van der Waals surface area contributed by atoms with Gasteiger partial charge in [-0.2, -0.15) is 0 Å². The van der Waals surface area contributed by atoms with E-state index in [0.29, 0.717) is 19.8 Å². The van der Waals surface area contributed by atoms with Gasteiger partial charge in [0.05, 0.1) is 18.8 Å². The first kappa shape index (κ1) is 25.2. The van der Waals surface area contributed by atoms with Crippen LogP contribution in [0.25, 0.3) is 0 Å². The molecule has 0 saturated carbocycles. The largest absolute Gasteiger partial charge is 0.480 e. The van der Waals surface area contributed by atoms with Gasteiger partial charge >= 0.3 is 5.97 Å². The van der Waals surface area contributed by atoms with Gasteiger partial charge in [-0.3, -0.25) is 9.69 Å². The zero-order chi connectivity index (χ0) is 25.1. The molecule has 0 radical (unpaired) electrons. The number of aliphatic carboxylic acids is 1. The van der Waals surface area contributed by atoms with Crippen LogP contribution in [0, 0.1) is 6.92 Å². The lowest BCUT2D eigenvalue weighted by Crippen LogP contribution is -2.35. The van der Waals surface area contributed by atoms with Crippen LogP contribution in [0.2, 0.25) is 0 Å². The smallest absolute Gasteiger partial charge is 0.325 e. The van der Waals surface area contributed by atoms with E-state index in [4.69, 9.17) is 14.5 Å². The van der Waals surface area contributed by atoms with E-state index in [9.17, 15) is 9.90 Å². The van der Waals surface area contributed by atoms with E-state index >= 15 is 0 Å². The van der Waals surface area contributed by atoms with Crippen LogP contribution in [0.15, 0.2) is 24.3 Å². The monoisotopic (exact) mass is 493 g/mol. The minimum absolute atomic E-state index is 0.0841. The number of carboxylic acid groups (broad SMARTS) is 1. The van der Waals surface area contributed by atoms with E-state index in [1.165, 1.54) is 12.0 Å². The van der Waals surface area contributed by atoms with Crippen molar-refractivity contribution >= 4 is 11.8 Å². The third-order valence-electron chi connectivity index (χ3n) is 7.74. The van der Waals surface area contributed by atoms with Gasteiger partial charge in [-0.15, -0.1) is 0 Å². The summed E-state index contributed by atoms with van der Waals surface area (Å²) in [6.07, 6.45) is 7.09. The standard InChI is InChI=1S/C29H39N3O4/c1-19-14-22-18-36-20(2)16-25(22)26(15-19)27(29(33)34)32-12-10-24(17-32)35-13-4-3-7-23-9-8-21-6-5-11-30-28(21)31-23/h8-9,14-15,20,24,27H,3-7,10-13,16-18H2,1-2H3,(H,30,31)(H,33,34)/t20?,24-,27-/m1/s1. The molecule has 36 heavy (non-hydrogen) atoms. The molecule has 1 fully saturated rings. The average Bonchev–Trinajstić information content (AvgIpc) is 3.32. The first-order valence-corrected chi connectivity index (χ1v) is 13.5. The lowest BCUT2D eigenvalue weighted by Gasteiger charge is -2.31. The molecule has 0 bridgehead atoms. The molecule has 4 heterocycles. The van der Waals surface area contributed by atoms with Gasteiger partial charge in [-0.05, 0) is 87.1 Å². The van der Waals surface area contributed by atoms with Crippen LogP contribution < -0.4 is 5.32 Å². The van der Waals surface area contributed by atoms with Crippen LogP contribution in [-0.2, 0) is 40.1 Å². The number of hydrogen-bond donors (Lipinski definition) is 2. The molecule has 1 aromatic heterocycles. The molecule has 0 spiro atoms. The van der Waals surface area contributed by atoms with Crippen molar-refractivity contribution < 1.29 is 19.4 Å². The second-order valence-corrected chi connectivity index (χ2v) is 10.6. The number of unbranched alkanes of at least 4 members (excludes halogenated alkanes) is 1. The molecule has 5 rings (SSSR count). The van der Waals surface area contributed by atoms with Crippen molar-refractivity contribution in [3.8, 4) is 0 Å². The van der Waals surface area contributed by atoms with Gasteiger partial charge in [0.25, 0.3) is 0 Å². The van der Waals surface area contributed by atoms with Crippen LogP contribution in [0.1, 0.15) is 72.2 Å². The number of nitrogens with zero attached hydrogens (tertiary/aromatic N) is 2. The molecule has 0 amide bonds. The number of ether oxygens (including phenoxy) is 2. The highest BCUT2D eigenvalue weighted by Crippen LogP contribution is 2.34. The number of nitrogens with one attached hydrogen (secondary N) is 1. The average molecular weight is 494 g/mol. The summed E-state index contributed by atoms with van der Waals surface area (Å²) < 4.78 is 12.0. The van der Waals surface area contributed by atoms with Gasteiger partial charge in [-0.25, -0.2) is 4.98 Å². The van der Waals surface area contributed by atoms with Gasteiger partial charge in [0.1, 0.15) is 11.9 Å².